The number of carbonyl (C=O) groups is 4. The number of ether oxygens (including phenoxy) is 3. The number of imide groups is 1. The minimum Gasteiger partial charge on any atom is -0.454 e. The second-order valence-electron chi connectivity index (χ2n) is 6.53. The van der Waals surface area contributed by atoms with Crippen LogP contribution in [0.4, 0.5) is 10.5 Å². The van der Waals surface area contributed by atoms with Gasteiger partial charge in [-0.1, -0.05) is 12.1 Å². The van der Waals surface area contributed by atoms with E-state index in [-0.39, 0.29) is 31.4 Å². The van der Waals surface area contributed by atoms with Crippen molar-refractivity contribution in [3.8, 4) is 11.5 Å². The second kappa shape index (κ2) is 8.11. The molecule has 0 bridgehead atoms. The summed E-state index contributed by atoms with van der Waals surface area (Å²) in [6, 6.07) is 10.7. The summed E-state index contributed by atoms with van der Waals surface area (Å²) in [6.07, 6.45) is 0. The lowest BCUT2D eigenvalue weighted by molar-refractivity contribution is -0.125. The molecule has 0 spiro atoms. The van der Waals surface area contributed by atoms with Crippen molar-refractivity contribution in [3.05, 3.63) is 53.6 Å². The van der Waals surface area contributed by atoms with E-state index in [1.165, 1.54) is 12.1 Å². The van der Waals surface area contributed by atoms with Crippen molar-refractivity contribution in [1.82, 2.24) is 10.2 Å². The lowest BCUT2D eigenvalue weighted by Crippen LogP contribution is -2.30. The zero-order chi connectivity index (χ0) is 21.1. The van der Waals surface area contributed by atoms with Gasteiger partial charge >= 0.3 is 12.0 Å². The maximum Gasteiger partial charge on any atom is 0.338 e. The van der Waals surface area contributed by atoms with E-state index >= 15 is 0 Å². The molecule has 0 aliphatic carbocycles. The first-order valence-electron chi connectivity index (χ1n) is 9.03. The Balaban J connectivity index is 1.28. The van der Waals surface area contributed by atoms with Crippen LogP contribution in [0.25, 0.3) is 0 Å². The van der Waals surface area contributed by atoms with Crippen LogP contribution in [-0.2, 0) is 20.9 Å². The minimum absolute atomic E-state index is 0.0163. The van der Waals surface area contributed by atoms with Crippen LogP contribution in [-0.4, -0.2) is 48.7 Å². The molecule has 2 aromatic rings. The molecule has 4 rings (SSSR count). The highest BCUT2D eigenvalue weighted by Gasteiger charge is 2.28. The van der Waals surface area contributed by atoms with Gasteiger partial charge in [0.15, 0.2) is 18.1 Å². The van der Waals surface area contributed by atoms with Crippen molar-refractivity contribution in [2.45, 2.75) is 6.54 Å². The van der Waals surface area contributed by atoms with Crippen molar-refractivity contribution in [2.24, 2.45) is 0 Å². The second-order valence-corrected chi connectivity index (χ2v) is 6.53. The van der Waals surface area contributed by atoms with Gasteiger partial charge in [-0.05, 0) is 29.8 Å². The van der Waals surface area contributed by atoms with Crippen LogP contribution >= 0.6 is 0 Å². The average Bonchev–Trinajstić information content (AvgIpc) is 3.34. The number of anilines is 1. The van der Waals surface area contributed by atoms with Crippen LogP contribution in [0.2, 0.25) is 0 Å². The van der Waals surface area contributed by atoms with Gasteiger partial charge in [-0.25, -0.2) is 9.59 Å². The van der Waals surface area contributed by atoms with Crippen LogP contribution in [0.15, 0.2) is 42.5 Å². The number of carbonyl (C=O) groups excluding carboxylic acids is 4. The third kappa shape index (κ3) is 4.17. The quantitative estimate of drug-likeness (QED) is 0.542. The molecule has 2 aliphatic heterocycles. The van der Waals surface area contributed by atoms with Crippen LogP contribution < -0.4 is 20.1 Å². The van der Waals surface area contributed by atoms with E-state index in [0.29, 0.717) is 22.7 Å². The first-order chi connectivity index (χ1) is 14.5. The summed E-state index contributed by atoms with van der Waals surface area (Å²) in [6.45, 7) is -0.238. The van der Waals surface area contributed by atoms with Crippen molar-refractivity contribution in [3.63, 3.8) is 0 Å². The van der Waals surface area contributed by atoms with Gasteiger partial charge < -0.3 is 24.8 Å². The van der Waals surface area contributed by atoms with Gasteiger partial charge in [0.25, 0.3) is 5.91 Å². The summed E-state index contributed by atoms with van der Waals surface area (Å²) in [7, 11) is 0. The zero-order valence-corrected chi connectivity index (χ0v) is 15.7. The van der Waals surface area contributed by atoms with E-state index in [2.05, 4.69) is 10.6 Å². The third-order valence-corrected chi connectivity index (χ3v) is 4.46. The Morgan fingerprint density at radius 3 is 2.57 bits per heavy atom. The summed E-state index contributed by atoms with van der Waals surface area (Å²) in [5, 5.41) is 5.05. The highest BCUT2D eigenvalue weighted by molar-refractivity contribution is 6.01. The van der Waals surface area contributed by atoms with E-state index in [9.17, 15) is 19.2 Å². The first-order valence-corrected chi connectivity index (χ1v) is 9.03. The topological polar surface area (TPSA) is 123 Å². The predicted molar refractivity (Wildman–Crippen MR) is 102 cm³/mol. The number of nitrogens with one attached hydrogen (secondary N) is 2. The maximum atomic E-state index is 12.1. The Morgan fingerprint density at radius 1 is 1.07 bits per heavy atom. The number of benzene rings is 2. The fourth-order valence-electron chi connectivity index (χ4n) is 2.93. The number of esters is 1. The molecule has 0 atom stereocenters. The summed E-state index contributed by atoms with van der Waals surface area (Å²) >= 11 is 0. The van der Waals surface area contributed by atoms with Gasteiger partial charge in [-0.3, -0.25) is 14.5 Å². The van der Waals surface area contributed by atoms with Crippen LogP contribution in [0.5, 0.6) is 11.5 Å². The van der Waals surface area contributed by atoms with E-state index < -0.39 is 24.5 Å². The van der Waals surface area contributed by atoms with Crippen molar-refractivity contribution >= 4 is 29.5 Å². The molecule has 1 saturated heterocycles. The summed E-state index contributed by atoms with van der Waals surface area (Å²) in [4.78, 5) is 48.4. The largest absolute Gasteiger partial charge is 0.454 e. The molecule has 0 aromatic heterocycles. The lowest BCUT2D eigenvalue weighted by atomic mass is 10.1. The predicted octanol–water partition coefficient (Wildman–Crippen LogP) is 1.26. The molecule has 2 heterocycles. The van der Waals surface area contributed by atoms with Crippen molar-refractivity contribution < 1.29 is 33.4 Å². The molecular formula is C20H17N3O7. The molecule has 1 fully saturated rings. The highest BCUT2D eigenvalue weighted by atomic mass is 16.7. The summed E-state index contributed by atoms with van der Waals surface area (Å²) < 4.78 is 15.5. The smallest absolute Gasteiger partial charge is 0.338 e. The minimum atomic E-state index is -0.669. The van der Waals surface area contributed by atoms with Crippen LogP contribution in [0.3, 0.4) is 0 Å². The molecule has 10 heteroatoms. The first kappa shape index (κ1) is 19.2. The molecule has 2 aliphatic rings. The van der Waals surface area contributed by atoms with E-state index in [1.807, 2.05) is 0 Å². The Labute approximate surface area is 170 Å². The maximum absolute atomic E-state index is 12.1. The number of hydrogen-bond donors (Lipinski definition) is 2. The van der Waals surface area contributed by atoms with Gasteiger partial charge in [0.05, 0.1) is 18.7 Å². The van der Waals surface area contributed by atoms with Gasteiger partial charge in [0, 0.05) is 11.8 Å². The number of hydrogen-bond acceptors (Lipinski definition) is 7. The Kier molecular flexibility index (Phi) is 5.21. The molecular weight excluding hydrogens is 394 g/mol. The lowest BCUT2D eigenvalue weighted by Gasteiger charge is -2.12. The van der Waals surface area contributed by atoms with Crippen LogP contribution in [0.1, 0.15) is 15.9 Å². The number of rotatable bonds is 6. The zero-order valence-electron chi connectivity index (χ0n) is 15.7. The van der Waals surface area contributed by atoms with Crippen molar-refractivity contribution in [1.29, 1.82) is 0 Å². The molecule has 0 radical (unpaired) electrons. The normalized spacial score (nSPS) is 14.5. The fraction of sp³-hybridized carbons (Fsp3) is 0.200. The molecule has 2 N–H and O–H groups in total. The Hall–Kier alpha value is -4.08. The molecule has 4 amide bonds. The molecule has 30 heavy (non-hydrogen) atoms. The van der Waals surface area contributed by atoms with E-state index in [4.69, 9.17) is 14.2 Å². The molecule has 0 saturated carbocycles. The van der Waals surface area contributed by atoms with Gasteiger partial charge in [0.2, 0.25) is 12.7 Å². The third-order valence-electron chi connectivity index (χ3n) is 4.46. The summed E-state index contributed by atoms with van der Waals surface area (Å²) in [5.74, 6) is -0.359. The SMILES string of the molecule is O=C(COC(=O)c1ccc(CN2C(=O)CNC2=O)cc1)Nc1ccc2c(c1)OCO2. The number of nitrogens with zero attached hydrogens (tertiary/aromatic N) is 1. The van der Waals surface area contributed by atoms with Gasteiger partial charge in [-0.15, -0.1) is 0 Å². The van der Waals surface area contributed by atoms with Gasteiger partial charge in [0.1, 0.15) is 0 Å². The Morgan fingerprint density at radius 2 is 1.83 bits per heavy atom. The average molecular weight is 411 g/mol. The molecule has 10 nitrogen and oxygen atoms in total. The Bertz CT molecular complexity index is 1000. The van der Waals surface area contributed by atoms with Gasteiger partial charge in [-0.2, -0.15) is 0 Å². The molecule has 154 valence electrons. The van der Waals surface area contributed by atoms with Crippen molar-refractivity contribution in [2.75, 3.05) is 25.3 Å². The molecule has 0 unspecified atom stereocenters. The number of amides is 4. The highest BCUT2D eigenvalue weighted by Crippen LogP contribution is 2.34. The fourth-order valence-corrected chi connectivity index (χ4v) is 2.93. The summed E-state index contributed by atoms with van der Waals surface area (Å²) in [5.41, 5.74) is 1.41. The standard InChI is InChI=1S/C20H17N3O7/c24-17(22-14-5-6-15-16(7-14)30-11-29-15)10-28-19(26)13-3-1-12(2-4-13)9-23-18(25)8-21-20(23)27/h1-7H,8-11H2,(H,21,27)(H,22,24). The van der Waals surface area contributed by atoms with E-state index in [0.717, 1.165) is 4.90 Å². The van der Waals surface area contributed by atoms with E-state index in [1.54, 1.807) is 30.3 Å². The number of urea groups is 1. The monoisotopic (exact) mass is 411 g/mol. The molecule has 2 aromatic carbocycles. The van der Waals surface area contributed by atoms with Crippen LogP contribution in [0, 0.1) is 0 Å². The number of fused-ring (bicyclic) bond motifs is 1.